The topological polar surface area (TPSA) is 23.5 Å². The molecule has 1 fully saturated rings. The number of hydrogen-bond acceptors (Lipinski definition) is 3. The van der Waals surface area contributed by atoms with Gasteiger partial charge in [-0.3, -0.25) is 0 Å². The van der Waals surface area contributed by atoms with Crippen LogP contribution in [0.2, 0.25) is 0 Å². The summed E-state index contributed by atoms with van der Waals surface area (Å²) in [6.45, 7) is 2.10. The van der Waals surface area contributed by atoms with E-state index in [4.69, 9.17) is 0 Å². The van der Waals surface area contributed by atoms with Crippen LogP contribution in [0.25, 0.3) is 0 Å². The summed E-state index contributed by atoms with van der Waals surface area (Å²) in [6, 6.07) is 4.07. The van der Waals surface area contributed by atoms with Gasteiger partial charge in [0.1, 0.15) is 0 Å². The van der Waals surface area contributed by atoms with Crippen molar-refractivity contribution in [1.29, 1.82) is 0 Å². The van der Waals surface area contributed by atoms with Crippen molar-refractivity contribution in [3.8, 4) is 0 Å². The number of nitrogens with zero attached hydrogens (tertiary/aromatic N) is 1. The average molecular weight is 211 g/mol. The van der Waals surface area contributed by atoms with E-state index in [1.165, 1.54) is 0 Å². The van der Waals surface area contributed by atoms with Crippen molar-refractivity contribution < 1.29 is 5.11 Å². The van der Waals surface area contributed by atoms with Gasteiger partial charge in [-0.2, -0.15) is 0 Å². The highest BCUT2D eigenvalue weighted by molar-refractivity contribution is 7.10. The number of aliphatic hydroxyl groups is 1. The summed E-state index contributed by atoms with van der Waals surface area (Å²) < 4.78 is 0. The van der Waals surface area contributed by atoms with Gasteiger partial charge in [0, 0.05) is 11.4 Å². The van der Waals surface area contributed by atoms with Gasteiger partial charge >= 0.3 is 0 Å². The van der Waals surface area contributed by atoms with Crippen molar-refractivity contribution in [1.82, 2.24) is 4.90 Å². The van der Waals surface area contributed by atoms with Gasteiger partial charge in [0.25, 0.3) is 0 Å². The Balaban J connectivity index is 2.15. The summed E-state index contributed by atoms with van der Waals surface area (Å²) >= 11 is 1.67. The van der Waals surface area contributed by atoms with E-state index in [-0.39, 0.29) is 0 Å². The van der Waals surface area contributed by atoms with Crippen molar-refractivity contribution in [2.24, 2.45) is 0 Å². The molecular formula is C11H17NOS. The smallest absolute Gasteiger partial charge is 0.1000 e. The molecule has 3 heteroatoms. The second kappa shape index (κ2) is 4.01. The molecule has 2 heterocycles. The predicted molar refractivity (Wildman–Crippen MR) is 59.6 cm³/mol. The van der Waals surface area contributed by atoms with E-state index >= 15 is 0 Å². The first-order valence-corrected chi connectivity index (χ1v) is 6.04. The minimum Gasteiger partial charge on any atom is -0.384 e. The predicted octanol–water partition coefficient (Wildman–Crippen LogP) is 2.05. The Bertz CT molecular complexity index is 285. The molecule has 0 spiro atoms. The molecule has 0 amide bonds. The zero-order valence-corrected chi connectivity index (χ0v) is 9.39. The van der Waals surface area contributed by atoms with Crippen LogP contribution >= 0.6 is 11.3 Å². The van der Waals surface area contributed by atoms with Crippen molar-refractivity contribution >= 4 is 11.3 Å². The Morgan fingerprint density at radius 3 is 3.00 bits per heavy atom. The molecule has 1 aromatic heterocycles. The number of likely N-dealkylation sites (tertiary alicyclic amines) is 1. The first kappa shape index (κ1) is 10.1. The zero-order chi connectivity index (χ0) is 10.0. The second-order valence-corrected chi connectivity index (χ2v) is 5.11. The molecule has 1 aromatic rings. The zero-order valence-electron chi connectivity index (χ0n) is 8.57. The van der Waals surface area contributed by atoms with Crippen LogP contribution in [0.4, 0.5) is 0 Å². The Hall–Kier alpha value is -0.380. The first-order chi connectivity index (χ1) is 6.71. The molecule has 0 radical (unpaired) electrons. The monoisotopic (exact) mass is 211 g/mol. The van der Waals surface area contributed by atoms with Gasteiger partial charge in [0.2, 0.25) is 0 Å². The van der Waals surface area contributed by atoms with Crippen molar-refractivity contribution in [3.63, 3.8) is 0 Å². The molecular weight excluding hydrogens is 194 g/mol. The van der Waals surface area contributed by atoms with Crippen molar-refractivity contribution in [3.05, 3.63) is 22.4 Å². The van der Waals surface area contributed by atoms with E-state index in [0.29, 0.717) is 0 Å². The molecule has 0 bridgehead atoms. The number of rotatable bonds is 1. The van der Waals surface area contributed by atoms with Crippen LogP contribution < -0.4 is 0 Å². The summed E-state index contributed by atoms with van der Waals surface area (Å²) in [5, 5.41) is 12.6. The molecule has 1 aliphatic rings. The van der Waals surface area contributed by atoms with Crippen LogP contribution in [0.1, 0.15) is 24.1 Å². The first-order valence-electron chi connectivity index (χ1n) is 5.16. The van der Waals surface area contributed by atoms with Gasteiger partial charge in [0.05, 0.1) is 5.60 Å². The van der Waals surface area contributed by atoms with Crippen LogP contribution in [-0.4, -0.2) is 30.1 Å². The van der Waals surface area contributed by atoms with E-state index < -0.39 is 5.60 Å². The molecule has 1 saturated heterocycles. The highest BCUT2D eigenvalue weighted by Gasteiger charge is 2.31. The second-order valence-electron chi connectivity index (χ2n) is 4.17. The molecule has 1 aliphatic heterocycles. The molecule has 1 unspecified atom stereocenters. The van der Waals surface area contributed by atoms with Crippen molar-refractivity contribution in [2.45, 2.75) is 24.9 Å². The standard InChI is InChI=1S/C11H17NOS/c1-12-7-3-5-11(13,6-8-12)10-4-2-9-14-10/h2,4,9,13H,3,5-8H2,1H3. The Morgan fingerprint density at radius 2 is 2.29 bits per heavy atom. The van der Waals surface area contributed by atoms with E-state index in [0.717, 1.165) is 37.2 Å². The average Bonchev–Trinajstić information content (AvgIpc) is 2.63. The normalized spacial score (nSPS) is 30.1. The summed E-state index contributed by atoms with van der Waals surface area (Å²) in [4.78, 5) is 3.43. The van der Waals surface area contributed by atoms with E-state index in [9.17, 15) is 5.11 Å². The third kappa shape index (κ3) is 2.00. The molecule has 14 heavy (non-hydrogen) atoms. The summed E-state index contributed by atoms with van der Waals surface area (Å²) in [5.41, 5.74) is -0.557. The fourth-order valence-corrected chi connectivity index (χ4v) is 2.93. The lowest BCUT2D eigenvalue weighted by atomic mass is 9.93. The highest BCUT2D eigenvalue weighted by Crippen LogP contribution is 2.35. The molecule has 78 valence electrons. The SMILES string of the molecule is CN1CCCC(O)(c2cccs2)CC1. The van der Waals surface area contributed by atoms with Gasteiger partial charge in [-0.05, 0) is 44.3 Å². The van der Waals surface area contributed by atoms with Gasteiger partial charge in [-0.25, -0.2) is 0 Å². The molecule has 0 aliphatic carbocycles. The molecule has 0 aromatic carbocycles. The van der Waals surface area contributed by atoms with Crippen molar-refractivity contribution in [2.75, 3.05) is 20.1 Å². The number of thiophene rings is 1. The number of hydrogen-bond donors (Lipinski definition) is 1. The largest absolute Gasteiger partial charge is 0.384 e. The van der Waals surface area contributed by atoms with Crippen LogP contribution in [0.15, 0.2) is 17.5 Å². The third-order valence-corrected chi connectivity index (χ3v) is 4.08. The van der Waals surface area contributed by atoms with Gasteiger partial charge in [-0.1, -0.05) is 6.07 Å². The quantitative estimate of drug-likeness (QED) is 0.768. The maximum Gasteiger partial charge on any atom is 0.1000 e. The van der Waals surface area contributed by atoms with E-state index in [1.54, 1.807) is 11.3 Å². The lowest BCUT2D eigenvalue weighted by molar-refractivity contribution is 0.0255. The van der Waals surface area contributed by atoms with Gasteiger partial charge in [0.15, 0.2) is 0 Å². The molecule has 1 N–H and O–H groups in total. The fraction of sp³-hybridized carbons (Fsp3) is 0.636. The van der Waals surface area contributed by atoms with Crippen LogP contribution in [0, 0.1) is 0 Å². The van der Waals surface area contributed by atoms with E-state index in [2.05, 4.69) is 18.0 Å². The Morgan fingerprint density at radius 1 is 1.43 bits per heavy atom. The maximum atomic E-state index is 10.5. The molecule has 2 rings (SSSR count). The lowest BCUT2D eigenvalue weighted by Gasteiger charge is -2.25. The minimum atomic E-state index is -0.557. The summed E-state index contributed by atoms with van der Waals surface area (Å²) in [5.74, 6) is 0. The summed E-state index contributed by atoms with van der Waals surface area (Å²) in [7, 11) is 2.13. The highest BCUT2D eigenvalue weighted by atomic mass is 32.1. The summed E-state index contributed by atoms with van der Waals surface area (Å²) in [6.07, 6.45) is 2.85. The Labute approximate surface area is 89.2 Å². The van der Waals surface area contributed by atoms with Gasteiger partial charge < -0.3 is 10.0 Å². The lowest BCUT2D eigenvalue weighted by Crippen LogP contribution is -2.26. The van der Waals surface area contributed by atoms with Gasteiger partial charge in [-0.15, -0.1) is 11.3 Å². The third-order valence-electron chi connectivity index (χ3n) is 3.02. The molecule has 0 saturated carbocycles. The minimum absolute atomic E-state index is 0.557. The van der Waals surface area contributed by atoms with Crippen LogP contribution in [0.3, 0.4) is 0 Å². The van der Waals surface area contributed by atoms with Crippen LogP contribution in [-0.2, 0) is 5.60 Å². The maximum absolute atomic E-state index is 10.5. The Kier molecular flexibility index (Phi) is 2.91. The molecule has 1 atom stereocenters. The fourth-order valence-electron chi connectivity index (χ4n) is 2.04. The molecule has 2 nitrogen and oxygen atoms in total. The van der Waals surface area contributed by atoms with E-state index in [1.807, 2.05) is 11.4 Å². The van der Waals surface area contributed by atoms with Crippen LogP contribution in [0.5, 0.6) is 0 Å².